The van der Waals surface area contributed by atoms with Gasteiger partial charge in [0.05, 0.1) is 11.8 Å². The summed E-state index contributed by atoms with van der Waals surface area (Å²) < 4.78 is 0. The van der Waals surface area contributed by atoms with E-state index in [1.54, 1.807) is 35.1 Å². The zero-order valence-corrected chi connectivity index (χ0v) is 17.5. The fraction of sp³-hybridized carbons (Fsp3) is 0.421. The van der Waals surface area contributed by atoms with E-state index in [0.717, 1.165) is 30.9 Å². The Kier molecular flexibility index (Phi) is 4.10. The predicted molar refractivity (Wildman–Crippen MR) is 115 cm³/mol. The van der Waals surface area contributed by atoms with Gasteiger partial charge in [-0.15, -0.1) is 0 Å². The first-order chi connectivity index (χ1) is 14.2. The van der Waals surface area contributed by atoms with Gasteiger partial charge in [-0.25, -0.2) is 19.9 Å². The molecule has 0 radical (unpaired) electrons. The number of piperidine rings is 1. The van der Waals surface area contributed by atoms with Crippen LogP contribution in [-0.2, 0) is 0 Å². The summed E-state index contributed by atoms with van der Waals surface area (Å²) in [4.78, 5) is 22.9. The maximum atomic E-state index is 4.89. The van der Waals surface area contributed by atoms with Crippen LogP contribution in [0.25, 0.3) is 31.6 Å². The van der Waals surface area contributed by atoms with Gasteiger partial charge in [0, 0.05) is 49.3 Å². The Bertz CT molecular complexity index is 1090. The number of anilines is 1. The standard InChI is InChI=1S/C19H20N8S2/c1-27(14-4-12-2-3-13(5-14)24-12)19-26-18-17(29-19)25-16(28-18)11-6-20-15(21-7-11)10-8-22-23-9-10/h6-9,12-14,24H,2-5H2,1H3,(H,22,23)/t12-,13+,14?. The number of nitrogens with one attached hydrogen (secondary N) is 2. The van der Waals surface area contributed by atoms with Gasteiger partial charge in [0.1, 0.15) is 5.01 Å². The van der Waals surface area contributed by atoms with Crippen LogP contribution in [0.5, 0.6) is 0 Å². The smallest absolute Gasteiger partial charge is 0.188 e. The highest BCUT2D eigenvalue weighted by Crippen LogP contribution is 2.38. The molecule has 0 amide bonds. The zero-order valence-electron chi connectivity index (χ0n) is 15.9. The summed E-state index contributed by atoms with van der Waals surface area (Å²) in [6.45, 7) is 0. The van der Waals surface area contributed by atoms with Crippen molar-refractivity contribution in [2.45, 2.75) is 43.8 Å². The summed E-state index contributed by atoms with van der Waals surface area (Å²) in [5, 5.41) is 12.4. The van der Waals surface area contributed by atoms with Crippen molar-refractivity contribution < 1.29 is 0 Å². The summed E-state index contributed by atoms with van der Waals surface area (Å²) in [5.41, 5.74) is 1.79. The molecule has 2 N–H and O–H groups in total. The monoisotopic (exact) mass is 424 g/mol. The van der Waals surface area contributed by atoms with Gasteiger partial charge in [0.2, 0.25) is 0 Å². The molecule has 1 unspecified atom stereocenters. The Morgan fingerprint density at radius 1 is 0.966 bits per heavy atom. The number of thiazole rings is 2. The highest BCUT2D eigenvalue weighted by molar-refractivity contribution is 7.29. The first-order valence-corrected chi connectivity index (χ1v) is 11.4. The first kappa shape index (κ1) is 17.4. The molecule has 3 atom stereocenters. The lowest BCUT2D eigenvalue weighted by Gasteiger charge is -2.35. The number of hydrogen-bond acceptors (Lipinski definition) is 9. The van der Waals surface area contributed by atoms with Crippen LogP contribution < -0.4 is 10.2 Å². The van der Waals surface area contributed by atoms with Gasteiger partial charge in [-0.05, 0) is 25.7 Å². The van der Waals surface area contributed by atoms with Gasteiger partial charge in [0.15, 0.2) is 20.6 Å². The molecular formula is C19H20N8S2. The average molecular weight is 425 g/mol. The maximum absolute atomic E-state index is 4.89. The topological polar surface area (TPSA) is 95.5 Å². The van der Waals surface area contributed by atoms with Crippen LogP contribution in [0.15, 0.2) is 24.8 Å². The number of H-pyrrole nitrogens is 1. The molecule has 4 aromatic rings. The van der Waals surface area contributed by atoms with E-state index in [1.807, 2.05) is 12.4 Å². The molecule has 6 heterocycles. The van der Waals surface area contributed by atoms with Crippen LogP contribution in [0.1, 0.15) is 25.7 Å². The number of fused-ring (bicyclic) bond motifs is 3. The Balaban J connectivity index is 1.23. The summed E-state index contributed by atoms with van der Waals surface area (Å²) in [7, 11) is 2.18. The molecule has 8 nitrogen and oxygen atoms in total. The predicted octanol–water partition coefficient (Wildman–Crippen LogP) is 3.32. The number of aromatic nitrogens is 6. The van der Waals surface area contributed by atoms with Gasteiger partial charge in [-0.2, -0.15) is 5.10 Å². The van der Waals surface area contributed by atoms with Crippen molar-refractivity contribution in [3.63, 3.8) is 0 Å². The second-order valence-electron chi connectivity index (χ2n) is 7.78. The highest BCUT2D eigenvalue weighted by atomic mass is 32.1. The minimum atomic E-state index is 0.567. The molecule has 2 saturated heterocycles. The summed E-state index contributed by atoms with van der Waals surface area (Å²) >= 11 is 3.28. The van der Waals surface area contributed by atoms with E-state index in [4.69, 9.17) is 9.97 Å². The van der Waals surface area contributed by atoms with Crippen LogP contribution in [0, 0.1) is 0 Å². The van der Waals surface area contributed by atoms with Crippen LogP contribution in [0.3, 0.4) is 0 Å². The largest absolute Gasteiger partial charge is 0.348 e. The molecule has 6 rings (SSSR count). The Morgan fingerprint density at radius 3 is 2.41 bits per heavy atom. The average Bonchev–Trinajstić information content (AvgIpc) is 3.51. The third-order valence-electron chi connectivity index (χ3n) is 5.92. The van der Waals surface area contributed by atoms with E-state index in [2.05, 4.69) is 37.4 Å². The van der Waals surface area contributed by atoms with E-state index in [1.165, 1.54) is 25.7 Å². The molecule has 10 heteroatoms. The molecule has 148 valence electrons. The third-order valence-corrected chi connectivity index (χ3v) is 8.08. The van der Waals surface area contributed by atoms with E-state index in [0.29, 0.717) is 23.9 Å². The van der Waals surface area contributed by atoms with Gasteiger partial charge in [-0.1, -0.05) is 22.7 Å². The Hall–Kier alpha value is -2.43. The van der Waals surface area contributed by atoms with Crippen LogP contribution in [-0.4, -0.2) is 55.3 Å². The highest BCUT2D eigenvalue weighted by Gasteiger charge is 2.36. The molecule has 2 fully saturated rings. The van der Waals surface area contributed by atoms with Crippen LogP contribution in [0.2, 0.25) is 0 Å². The number of aromatic amines is 1. The third kappa shape index (κ3) is 3.11. The molecule has 0 saturated carbocycles. The molecule has 2 aliphatic heterocycles. The Morgan fingerprint density at radius 2 is 1.72 bits per heavy atom. The lowest BCUT2D eigenvalue weighted by molar-refractivity contribution is 0.354. The second-order valence-corrected chi connectivity index (χ2v) is 9.72. The van der Waals surface area contributed by atoms with Crippen LogP contribution in [0.4, 0.5) is 5.13 Å². The molecular weight excluding hydrogens is 404 g/mol. The Labute approximate surface area is 175 Å². The minimum Gasteiger partial charge on any atom is -0.348 e. The number of rotatable bonds is 4. The maximum Gasteiger partial charge on any atom is 0.188 e. The van der Waals surface area contributed by atoms with E-state index < -0.39 is 0 Å². The van der Waals surface area contributed by atoms with Gasteiger partial charge in [0.25, 0.3) is 0 Å². The fourth-order valence-electron chi connectivity index (χ4n) is 4.37. The lowest BCUT2D eigenvalue weighted by Crippen LogP contribution is -2.47. The number of nitrogens with zero attached hydrogens (tertiary/aromatic N) is 6. The van der Waals surface area contributed by atoms with E-state index in [9.17, 15) is 0 Å². The molecule has 0 aliphatic carbocycles. The first-order valence-electron chi connectivity index (χ1n) is 9.81. The fourth-order valence-corrected chi connectivity index (χ4v) is 6.41. The van der Waals surface area contributed by atoms with Crippen molar-refractivity contribution >= 4 is 37.5 Å². The molecule has 2 aliphatic rings. The van der Waals surface area contributed by atoms with Gasteiger partial charge >= 0.3 is 0 Å². The molecule has 4 aromatic heterocycles. The normalized spacial score (nSPS) is 23.7. The van der Waals surface area contributed by atoms with Gasteiger partial charge in [-0.3, -0.25) is 5.10 Å². The van der Waals surface area contributed by atoms with Crippen LogP contribution >= 0.6 is 22.7 Å². The second kappa shape index (κ2) is 6.82. The molecule has 0 spiro atoms. The molecule has 2 bridgehead atoms. The minimum absolute atomic E-state index is 0.567. The summed E-state index contributed by atoms with van der Waals surface area (Å²) in [6, 6.07) is 1.92. The molecule has 29 heavy (non-hydrogen) atoms. The zero-order chi connectivity index (χ0) is 19.4. The van der Waals surface area contributed by atoms with Crippen molar-refractivity contribution in [1.29, 1.82) is 0 Å². The van der Waals surface area contributed by atoms with E-state index in [-0.39, 0.29) is 0 Å². The number of hydrogen-bond donors (Lipinski definition) is 2. The SMILES string of the molecule is CN(c1nc2sc(-c3cnc(-c4cn[nH]c4)nc3)nc2s1)C1C[C@H]2CC[C@@H](C1)N2. The summed E-state index contributed by atoms with van der Waals surface area (Å²) in [6.07, 6.45) is 12.2. The van der Waals surface area contributed by atoms with Crippen molar-refractivity contribution in [3.8, 4) is 22.0 Å². The molecule has 0 aromatic carbocycles. The van der Waals surface area contributed by atoms with E-state index >= 15 is 0 Å². The van der Waals surface area contributed by atoms with Gasteiger partial charge < -0.3 is 10.2 Å². The summed E-state index contributed by atoms with van der Waals surface area (Å²) in [5.74, 6) is 0.652. The quantitative estimate of drug-likeness (QED) is 0.519. The van der Waals surface area contributed by atoms with Crippen molar-refractivity contribution in [3.05, 3.63) is 24.8 Å². The van der Waals surface area contributed by atoms with Crippen molar-refractivity contribution in [2.24, 2.45) is 0 Å². The lowest BCUT2D eigenvalue weighted by atomic mass is 9.99. The van der Waals surface area contributed by atoms with Crippen molar-refractivity contribution in [2.75, 3.05) is 11.9 Å². The van der Waals surface area contributed by atoms with Crippen molar-refractivity contribution in [1.82, 2.24) is 35.5 Å².